The molecule has 200 valence electrons. The van der Waals surface area contributed by atoms with Crippen molar-refractivity contribution in [2.24, 2.45) is 0 Å². The summed E-state index contributed by atoms with van der Waals surface area (Å²) in [5.74, 6) is -0.992. The molecule has 1 aromatic heterocycles. The number of carbonyl (C=O) groups is 3. The molecule has 4 aromatic carbocycles. The second-order valence-electron chi connectivity index (χ2n) is 9.54. The van der Waals surface area contributed by atoms with Crippen LogP contribution >= 0.6 is 0 Å². The summed E-state index contributed by atoms with van der Waals surface area (Å²) in [6.45, 7) is 3.45. The van der Waals surface area contributed by atoms with E-state index in [0.29, 0.717) is 27.8 Å². The molecule has 8 nitrogen and oxygen atoms in total. The van der Waals surface area contributed by atoms with Gasteiger partial charge in [0, 0.05) is 12.1 Å². The maximum Gasteiger partial charge on any atom is 0.249 e. The summed E-state index contributed by atoms with van der Waals surface area (Å²) >= 11 is 0. The Kier molecular flexibility index (Phi) is 7.77. The quantitative estimate of drug-likeness (QED) is 0.269. The van der Waals surface area contributed by atoms with E-state index < -0.39 is 11.9 Å². The summed E-state index contributed by atoms with van der Waals surface area (Å²) in [5, 5.41) is 11.4. The summed E-state index contributed by atoms with van der Waals surface area (Å²) in [6, 6.07) is 30.2. The maximum atomic E-state index is 14.3. The summed E-state index contributed by atoms with van der Waals surface area (Å²) in [5.41, 5.74) is 4.46. The van der Waals surface area contributed by atoms with E-state index in [2.05, 4.69) is 15.6 Å². The molecule has 0 aliphatic heterocycles. The van der Waals surface area contributed by atoms with Crippen LogP contribution in [-0.2, 0) is 22.7 Å². The second kappa shape index (κ2) is 11.7. The fraction of sp³-hybridized carbons (Fsp3) is 0.156. The standard InChI is InChI=1S/C32H29N5O3/c1-22-12-6-7-15-25(22)31(32(40)33-20-24-13-4-3-5-14-24)37(28-18-10-8-16-26(28)23(2)38)30(39)21-36-29-19-11-9-17-27(29)34-35-36/h3-19,31H,20-21H2,1-2H3,(H,33,40). The normalized spacial score (nSPS) is 11.7. The lowest BCUT2D eigenvalue weighted by molar-refractivity contribution is -0.127. The molecule has 1 atom stereocenters. The zero-order valence-corrected chi connectivity index (χ0v) is 22.3. The molecule has 5 rings (SSSR count). The third-order valence-electron chi connectivity index (χ3n) is 6.82. The molecule has 0 spiro atoms. The largest absolute Gasteiger partial charge is 0.350 e. The highest BCUT2D eigenvalue weighted by Crippen LogP contribution is 2.33. The lowest BCUT2D eigenvalue weighted by Crippen LogP contribution is -2.46. The predicted molar refractivity (Wildman–Crippen MR) is 154 cm³/mol. The van der Waals surface area contributed by atoms with Gasteiger partial charge >= 0.3 is 0 Å². The van der Waals surface area contributed by atoms with Gasteiger partial charge in [-0.05, 0) is 54.8 Å². The number of carbonyl (C=O) groups excluding carboxylic acids is 3. The molecule has 5 aromatic rings. The number of amides is 2. The van der Waals surface area contributed by atoms with Gasteiger partial charge in [-0.3, -0.25) is 19.3 Å². The van der Waals surface area contributed by atoms with Crippen LogP contribution in [0.25, 0.3) is 11.0 Å². The third-order valence-corrected chi connectivity index (χ3v) is 6.82. The number of aryl methyl sites for hydroxylation is 1. The van der Waals surface area contributed by atoms with Crippen LogP contribution in [0.1, 0.15) is 40.0 Å². The van der Waals surface area contributed by atoms with Crippen molar-refractivity contribution in [3.63, 3.8) is 0 Å². The van der Waals surface area contributed by atoms with Crippen LogP contribution in [0.2, 0.25) is 0 Å². The number of nitrogens with one attached hydrogen (secondary N) is 1. The Morgan fingerprint density at radius 3 is 2.30 bits per heavy atom. The molecule has 0 fully saturated rings. The Hall–Kier alpha value is -5.11. The van der Waals surface area contributed by atoms with Gasteiger partial charge in [-0.15, -0.1) is 5.10 Å². The van der Waals surface area contributed by atoms with Crippen molar-refractivity contribution in [2.45, 2.75) is 33.0 Å². The van der Waals surface area contributed by atoms with Gasteiger partial charge in [-0.2, -0.15) is 0 Å². The molecule has 40 heavy (non-hydrogen) atoms. The number of aromatic nitrogens is 3. The molecule has 0 bridgehead atoms. The van der Waals surface area contributed by atoms with Crippen molar-refractivity contribution in [3.8, 4) is 0 Å². The van der Waals surface area contributed by atoms with Gasteiger partial charge in [0.25, 0.3) is 0 Å². The number of rotatable bonds is 9. The number of nitrogens with zero attached hydrogens (tertiary/aromatic N) is 4. The highest BCUT2D eigenvalue weighted by atomic mass is 16.2. The lowest BCUT2D eigenvalue weighted by atomic mass is 9.96. The van der Waals surface area contributed by atoms with E-state index in [0.717, 1.165) is 11.1 Å². The van der Waals surface area contributed by atoms with Gasteiger partial charge in [0.15, 0.2) is 5.78 Å². The third kappa shape index (κ3) is 5.51. The number of benzene rings is 4. The molecule has 0 aliphatic carbocycles. The van der Waals surface area contributed by atoms with E-state index >= 15 is 0 Å². The van der Waals surface area contributed by atoms with Crippen LogP contribution < -0.4 is 10.2 Å². The zero-order chi connectivity index (χ0) is 28.1. The summed E-state index contributed by atoms with van der Waals surface area (Å²) in [6.07, 6.45) is 0. The minimum atomic E-state index is -1.05. The molecule has 0 radical (unpaired) electrons. The number of anilines is 1. The number of hydrogen-bond donors (Lipinski definition) is 1. The maximum absolute atomic E-state index is 14.3. The Bertz CT molecular complexity index is 1680. The van der Waals surface area contributed by atoms with Crippen molar-refractivity contribution < 1.29 is 14.4 Å². The van der Waals surface area contributed by atoms with Gasteiger partial charge < -0.3 is 5.32 Å². The molecule has 1 unspecified atom stereocenters. The van der Waals surface area contributed by atoms with Crippen molar-refractivity contribution in [1.29, 1.82) is 0 Å². The first-order chi connectivity index (χ1) is 19.4. The molecule has 8 heteroatoms. The lowest BCUT2D eigenvalue weighted by Gasteiger charge is -2.33. The van der Waals surface area contributed by atoms with Crippen LogP contribution in [0.5, 0.6) is 0 Å². The molecule has 0 saturated heterocycles. The first kappa shape index (κ1) is 26.5. The second-order valence-corrected chi connectivity index (χ2v) is 9.54. The number of hydrogen-bond acceptors (Lipinski definition) is 5. The minimum absolute atomic E-state index is 0.179. The van der Waals surface area contributed by atoms with Gasteiger partial charge in [0.2, 0.25) is 11.8 Å². The average Bonchev–Trinajstić information content (AvgIpc) is 3.38. The van der Waals surface area contributed by atoms with Crippen molar-refractivity contribution in [2.75, 3.05) is 4.90 Å². The van der Waals surface area contributed by atoms with Crippen LogP contribution in [0.3, 0.4) is 0 Å². The average molecular weight is 532 g/mol. The zero-order valence-electron chi connectivity index (χ0n) is 22.3. The first-order valence-electron chi connectivity index (χ1n) is 13.0. The highest BCUT2D eigenvalue weighted by Gasteiger charge is 2.35. The summed E-state index contributed by atoms with van der Waals surface area (Å²) in [7, 11) is 0. The minimum Gasteiger partial charge on any atom is -0.350 e. The Morgan fingerprint density at radius 2 is 1.52 bits per heavy atom. The van der Waals surface area contributed by atoms with Gasteiger partial charge in [0.05, 0.1) is 11.2 Å². The van der Waals surface area contributed by atoms with Crippen LogP contribution in [0, 0.1) is 6.92 Å². The van der Waals surface area contributed by atoms with E-state index in [4.69, 9.17) is 0 Å². The highest BCUT2D eigenvalue weighted by molar-refractivity contribution is 6.08. The van der Waals surface area contributed by atoms with E-state index in [1.54, 1.807) is 24.3 Å². The number of ketones is 1. The van der Waals surface area contributed by atoms with Crippen molar-refractivity contribution >= 4 is 34.3 Å². The van der Waals surface area contributed by atoms with Crippen LogP contribution in [-0.4, -0.2) is 32.6 Å². The molecule has 0 saturated carbocycles. The van der Waals surface area contributed by atoms with Gasteiger partial charge in [0.1, 0.15) is 18.1 Å². The van der Waals surface area contributed by atoms with Gasteiger partial charge in [-0.1, -0.05) is 84.1 Å². The number of Topliss-reactive ketones (excluding diaryl/α,β-unsaturated/α-hetero) is 1. The first-order valence-corrected chi connectivity index (χ1v) is 13.0. The van der Waals surface area contributed by atoms with E-state index in [9.17, 15) is 14.4 Å². The SMILES string of the molecule is CC(=O)c1ccccc1N(C(=O)Cn1nnc2ccccc21)C(C(=O)NCc1ccccc1)c1ccccc1C. The summed E-state index contributed by atoms with van der Waals surface area (Å²) in [4.78, 5) is 42.5. The number of para-hydroxylation sites is 2. The molecule has 0 aliphatic rings. The molecule has 1 heterocycles. The van der Waals surface area contributed by atoms with Crippen molar-refractivity contribution in [1.82, 2.24) is 20.3 Å². The van der Waals surface area contributed by atoms with E-state index in [1.807, 2.05) is 85.8 Å². The molecule has 2 amide bonds. The monoisotopic (exact) mass is 531 g/mol. The van der Waals surface area contributed by atoms with Gasteiger partial charge in [-0.25, -0.2) is 4.68 Å². The smallest absolute Gasteiger partial charge is 0.249 e. The van der Waals surface area contributed by atoms with Crippen LogP contribution in [0.4, 0.5) is 5.69 Å². The topological polar surface area (TPSA) is 97.2 Å². The Morgan fingerprint density at radius 1 is 0.850 bits per heavy atom. The van der Waals surface area contributed by atoms with Crippen LogP contribution in [0.15, 0.2) is 103 Å². The molecule has 1 N–H and O–H groups in total. The van der Waals surface area contributed by atoms with Crippen molar-refractivity contribution in [3.05, 3.63) is 125 Å². The Balaban J connectivity index is 1.62. The summed E-state index contributed by atoms with van der Waals surface area (Å²) < 4.78 is 1.51. The predicted octanol–water partition coefficient (Wildman–Crippen LogP) is 5.03. The molecular weight excluding hydrogens is 502 g/mol. The fourth-order valence-corrected chi connectivity index (χ4v) is 4.81. The Labute approximate surface area is 232 Å². The fourth-order valence-electron chi connectivity index (χ4n) is 4.81. The molecular formula is C32H29N5O3. The van der Waals surface area contributed by atoms with E-state index in [1.165, 1.54) is 16.5 Å². The number of fused-ring (bicyclic) bond motifs is 1. The van der Waals surface area contributed by atoms with E-state index in [-0.39, 0.29) is 24.8 Å².